The number of carbonyl (C=O) groups excluding carboxylic acids is 1. The van der Waals surface area contributed by atoms with E-state index in [4.69, 9.17) is 10.8 Å². The van der Waals surface area contributed by atoms with Gasteiger partial charge in [0.15, 0.2) is 0 Å². The summed E-state index contributed by atoms with van der Waals surface area (Å²) < 4.78 is 0. The van der Waals surface area contributed by atoms with E-state index in [9.17, 15) is 9.59 Å². The number of hydrogen-bond donors (Lipinski definition) is 3. The van der Waals surface area contributed by atoms with Crippen molar-refractivity contribution in [2.45, 2.75) is 51.5 Å². The lowest BCUT2D eigenvalue weighted by Crippen LogP contribution is -2.44. The van der Waals surface area contributed by atoms with Gasteiger partial charge in [-0.1, -0.05) is 19.8 Å². The molecule has 0 aromatic heterocycles. The molecule has 1 aliphatic rings. The first-order valence-electron chi connectivity index (χ1n) is 6.81. The molecule has 3 atom stereocenters. The van der Waals surface area contributed by atoms with Gasteiger partial charge in [-0.05, 0) is 25.7 Å². The number of aliphatic carboxylic acids is 1. The standard InChI is InChI=1S/C13H24N2O3/c1-2-4-10(8-14)12(16)15-11-6-3-5-9(7-11)13(17)18/h9-11H,2-8,14H2,1H3,(H,15,16)(H,17,18). The van der Waals surface area contributed by atoms with Crippen LogP contribution >= 0.6 is 0 Å². The van der Waals surface area contributed by atoms with E-state index in [1.54, 1.807) is 0 Å². The third-order valence-electron chi connectivity index (χ3n) is 3.66. The van der Waals surface area contributed by atoms with Crippen molar-refractivity contribution < 1.29 is 14.7 Å². The van der Waals surface area contributed by atoms with Crippen molar-refractivity contribution >= 4 is 11.9 Å². The van der Waals surface area contributed by atoms with E-state index in [1.807, 2.05) is 6.92 Å². The van der Waals surface area contributed by atoms with Crippen LogP contribution in [0.2, 0.25) is 0 Å². The first-order chi connectivity index (χ1) is 8.58. The van der Waals surface area contributed by atoms with E-state index >= 15 is 0 Å². The normalized spacial score (nSPS) is 25.4. The summed E-state index contributed by atoms with van der Waals surface area (Å²) in [5, 5.41) is 12.0. The second-order valence-electron chi connectivity index (χ2n) is 5.13. The van der Waals surface area contributed by atoms with Crippen LogP contribution in [0, 0.1) is 11.8 Å². The molecule has 3 unspecified atom stereocenters. The minimum Gasteiger partial charge on any atom is -0.481 e. The summed E-state index contributed by atoms with van der Waals surface area (Å²) in [4.78, 5) is 22.9. The maximum absolute atomic E-state index is 12.0. The second kappa shape index (κ2) is 7.36. The molecule has 0 aliphatic heterocycles. The van der Waals surface area contributed by atoms with Gasteiger partial charge in [0.05, 0.1) is 11.8 Å². The Bertz CT molecular complexity index is 294. The molecule has 1 rings (SSSR count). The van der Waals surface area contributed by atoms with Crippen LogP contribution in [-0.4, -0.2) is 29.6 Å². The molecular weight excluding hydrogens is 232 g/mol. The lowest BCUT2D eigenvalue weighted by molar-refractivity contribution is -0.143. The number of amides is 1. The van der Waals surface area contributed by atoms with E-state index in [2.05, 4.69) is 5.32 Å². The number of nitrogens with two attached hydrogens (primary N) is 1. The van der Waals surface area contributed by atoms with Crippen LogP contribution in [0.1, 0.15) is 45.4 Å². The summed E-state index contributed by atoms with van der Waals surface area (Å²) in [7, 11) is 0. The zero-order valence-electron chi connectivity index (χ0n) is 11.0. The summed E-state index contributed by atoms with van der Waals surface area (Å²) >= 11 is 0. The van der Waals surface area contributed by atoms with E-state index in [-0.39, 0.29) is 23.8 Å². The smallest absolute Gasteiger partial charge is 0.306 e. The Labute approximate surface area is 108 Å². The molecule has 0 aromatic rings. The van der Waals surface area contributed by atoms with E-state index in [0.717, 1.165) is 32.1 Å². The van der Waals surface area contributed by atoms with Crippen LogP contribution in [0.3, 0.4) is 0 Å². The van der Waals surface area contributed by atoms with Gasteiger partial charge in [0.2, 0.25) is 5.91 Å². The van der Waals surface area contributed by atoms with Crippen molar-refractivity contribution in [3.8, 4) is 0 Å². The maximum Gasteiger partial charge on any atom is 0.306 e. The van der Waals surface area contributed by atoms with Gasteiger partial charge < -0.3 is 16.2 Å². The molecule has 0 heterocycles. The van der Waals surface area contributed by atoms with Gasteiger partial charge >= 0.3 is 5.97 Å². The monoisotopic (exact) mass is 256 g/mol. The summed E-state index contributed by atoms with van der Waals surface area (Å²) in [5.74, 6) is -1.22. The number of carbonyl (C=O) groups is 2. The zero-order valence-corrected chi connectivity index (χ0v) is 11.0. The Kier molecular flexibility index (Phi) is 6.12. The maximum atomic E-state index is 12.0. The van der Waals surface area contributed by atoms with Gasteiger partial charge in [0.25, 0.3) is 0 Å². The summed E-state index contributed by atoms with van der Waals surface area (Å²) in [6.45, 7) is 2.38. The minimum atomic E-state index is -0.752. The van der Waals surface area contributed by atoms with Gasteiger partial charge in [-0.2, -0.15) is 0 Å². The number of hydrogen-bond acceptors (Lipinski definition) is 3. The van der Waals surface area contributed by atoms with Crippen molar-refractivity contribution in [1.29, 1.82) is 0 Å². The molecule has 1 amide bonds. The second-order valence-corrected chi connectivity index (χ2v) is 5.13. The Hall–Kier alpha value is -1.10. The first-order valence-corrected chi connectivity index (χ1v) is 6.81. The largest absolute Gasteiger partial charge is 0.481 e. The van der Waals surface area contributed by atoms with Gasteiger partial charge in [0.1, 0.15) is 0 Å². The molecule has 104 valence electrons. The average molecular weight is 256 g/mol. The fraction of sp³-hybridized carbons (Fsp3) is 0.846. The summed E-state index contributed by atoms with van der Waals surface area (Å²) in [6, 6.07) is -0.00161. The summed E-state index contributed by atoms with van der Waals surface area (Å²) in [5.41, 5.74) is 5.59. The van der Waals surface area contributed by atoms with Crippen LogP contribution < -0.4 is 11.1 Å². The Morgan fingerprint density at radius 3 is 2.72 bits per heavy atom. The third kappa shape index (κ3) is 4.29. The molecule has 5 nitrogen and oxygen atoms in total. The van der Waals surface area contributed by atoms with E-state index in [0.29, 0.717) is 13.0 Å². The van der Waals surface area contributed by atoms with E-state index in [1.165, 1.54) is 0 Å². The zero-order chi connectivity index (χ0) is 13.5. The topological polar surface area (TPSA) is 92.4 Å². The highest BCUT2D eigenvalue weighted by atomic mass is 16.4. The molecule has 4 N–H and O–H groups in total. The molecule has 0 radical (unpaired) electrons. The van der Waals surface area contributed by atoms with Gasteiger partial charge in [0, 0.05) is 12.6 Å². The quantitative estimate of drug-likeness (QED) is 0.664. The predicted octanol–water partition coefficient (Wildman–Crippen LogP) is 1.12. The third-order valence-corrected chi connectivity index (χ3v) is 3.66. The average Bonchev–Trinajstić information content (AvgIpc) is 2.36. The van der Waals surface area contributed by atoms with E-state index < -0.39 is 5.97 Å². The highest BCUT2D eigenvalue weighted by Crippen LogP contribution is 2.24. The SMILES string of the molecule is CCCC(CN)C(=O)NC1CCCC(C(=O)O)C1. The fourth-order valence-corrected chi connectivity index (χ4v) is 2.57. The molecular formula is C13H24N2O3. The van der Waals surface area contributed by atoms with Crippen LogP contribution in [0.4, 0.5) is 0 Å². The van der Waals surface area contributed by atoms with Crippen molar-refractivity contribution in [3.63, 3.8) is 0 Å². The Balaban J connectivity index is 2.45. The lowest BCUT2D eigenvalue weighted by atomic mass is 9.85. The van der Waals surface area contributed by atoms with Crippen LogP contribution in [0.5, 0.6) is 0 Å². The molecule has 1 saturated carbocycles. The molecule has 18 heavy (non-hydrogen) atoms. The highest BCUT2D eigenvalue weighted by molar-refractivity contribution is 5.79. The molecule has 0 spiro atoms. The minimum absolute atomic E-state index is 0.00161. The number of rotatable bonds is 6. The molecule has 0 aromatic carbocycles. The molecule has 0 saturated heterocycles. The Morgan fingerprint density at radius 2 is 2.17 bits per heavy atom. The van der Waals surface area contributed by atoms with Crippen LogP contribution in [-0.2, 0) is 9.59 Å². The molecule has 1 aliphatic carbocycles. The molecule has 1 fully saturated rings. The fourth-order valence-electron chi connectivity index (χ4n) is 2.57. The number of nitrogens with one attached hydrogen (secondary N) is 1. The van der Waals surface area contributed by atoms with Crippen LogP contribution in [0.15, 0.2) is 0 Å². The van der Waals surface area contributed by atoms with Gasteiger partial charge in [-0.3, -0.25) is 9.59 Å². The van der Waals surface area contributed by atoms with Gasteiger partial charge in [-0.25, -0.2) is 0 Å². The Morgan fingerprint density at radius 1 is 1.44 bits per heavy atom. The molecule has 0 bridgehead atoms. The number of carboxylic acid groups (broad SMARTS) is 1. The van der Waals surface area contributed by atoms with Crippen molar-refractivity contribution in [3.05, 3.63) is 0 Å². The summed E-state index contributed by atoms with van der Waals surface area (Å²) in [6.07, 6.45) is 4.72. The molecule has 5 heteroatoms. The highest BCUT2D eigenvalue weighted by Gasteiger charge is 2.28. The predicted molar refractivity (Wildman–Crippen MR) is 69.0 cm³/mol. The van der Waals surface area contributed by atoms with Crippen molar-refractivity contribution in [2.24, 2.45) is 17.6 Å². The number of carboxylic acids is 1. The van der Waals surface area contributed by atoms with Crippen molar-refractivity contribution in [1.82, 2.24) is 5.32 Å². The van der Waals surface area contributed by atoms with Gasteiger partial charge in [-0.15, -0.1) is 0 Å². The van der Waals surface area contributed by atoms with Crippen molar-refractivity contribution in [2.75, 3.05) is 6.54 Å². The first kappa shape index (κ1) is 15.0. The lowest BCUT2D eigenvalue weighted by Gasteiger charge is -2.28. The van der Waals surface area contributed by atoms with Crippen LogP contribution in [0.25, 0.3) is 0 Å².